The van der Waals surface area contributed by atoms with Crippen molar-refractivity contribution in [2.24, 2.45) is 0 Å². The van der Waals surface area contributed by atoms with E-state index in [4.69, 9.17) is 4.74 Å². The maximum atomic E-state index is 11.9. The number of thiophene rings is 1. The molecule has 2 aromatic rings. The first kappa shape index (κ1) is 15.0. The first-order valence-corrected chi connectivity index (χ1v) is 8.16. The molecule has 7 nitrogen and oxygen atoms in total. The van der Waals surface area contributed by atoms with E-state index >= 15 is 0 Å². The van der Waals surface area contributed by atoms with Gasteiger partial charge in [0.1, 0.15) is 10.5 Å². The van der Waals surface area contributed by atoms with Gasteiger partial charge in [-0.3, -0.25) is 9.69 Å². The van der Waals surface area contributed by atoms with Gasteiger partial charge >= 0.3 is 6.09 Å². The number of fused-ring (bicyclic) bond motifs is 1. The molecule has 1 fully saturated rings. The van der Waals surface area contributed by atoms with E-state index in [2.05, 4.69) is 14.9 Å². The highest BCUT2D eigenvalue weighted by Crippen LogP contribution is 2.14. The molecule has 0 spiro atoms. The van der Waals surface area contributed by atoms with Crippen LogP contribution in [0.2, 0.25) is 0 Å². The van der Waals surface area contributed by atoms with Crippen molar-refractivity contribution in [1.29, 1.82) is 0 Å². The van der Waals surface area contributed by atoms with E-state index in [1.807, 2.05) is 11.4 Å². The molecular formula is C14H18N4O3S. The van der Waals surface area contributed by atoms with Crippen molar-refractivity contribution >= 4 is 27.6 Å². The molecule has 0 unspecified atom stereocenters. The Bertz CT molecular complexity index is 718. The number of nitrogens with zero attached hydrogens (tertiary/aromatic N) is 3. The third-order valence-corrected chi connectivity index (χ3v) is 4.54. The van der Waals surface area contributed by atoms with Gasteiger partial charge in [0.05, 0.1) is 18.7 Å². The highest BCUT2D eigenvalue weighted by atomic mass is 32.1. The smallest absolute Gasteiger partial charge is 0.409 e. The van der Waals surface area contributed by atoms with Crippen LogP contribution in [0.5, 0.6) is 0 Å². The molecule has 0 saturated carbocycles. The number of aromatic amines is 1. The summed E-state index contributed by atoms with van der Waals surface area (Å²) >= 11 is 1.40. The average Bonchev–Trinajstić information content (AvgIpc) is 2.97. The van der Waals surface area contributed by atoms with Gasteiger partial charge in [0.25, 0.3) is 5.56 Å². The second-order valence-corrected chi connectivity index (χ2v) is 6.03. The van der Waals surface area contributed by atoms with Gasteiger partial charge in [0.15, 0.2) is 0 Å². The average molecular weight is 322 g/mol. The fourth-order valence-corrected chi connectivity index (χ4v) is 3.24. The summed E-state index contributed by atoms with van der Waals surface area (Å²) in [7, 11) is 0. The highest BCUT2D eigenvalue weighted by molar-refractivity contribution is 7.17. The summed E-state index contributed by atoms with van der Waals surface area (Å²) in [6, 6.07) is 1.86. The summed E-state index contributed by atoms with van der Waals surface area (Å²) in [5.74, 6) is 0.667. The Balaban J connectivity index is 1.62. The molecule has 1 N–H and O–H groups in total. The Morgan fingerprint density at radius 3 is 2.91 bits per heavy atom. The molecule has 0 bridgehead atoms. The first-order chi connectivity index (χ1) is 10.7. The largest absolute Gasteiger partial charge is 0.450 e. The molecule has 0 radical (unpaired) electrons. The van der Waals surface area contributed by atoms with Crippen molar-refractivity contribution in [3.05, 3.63) is 27.6 Å². The zero-order valence-electron chi connectivity index (χ0n) is 12.4. The molecule has 118 valence electrons. The van der Waals surface area contributed by atoms with Crippen LogP contribution in [-0.2, 0) is 11.3 Å². The van der Waals surface area contributed by atoms with E-state index in [-0.39, 0.29) is 11.7 Å². The molecule has 3 heterocycles. The predicted octanol–water partition coefficient (Wildman–Crippen LogP) is 1.26. The van der Waals surface area contributed by atoms with Crippen molar-refractivity contribution in [3.63, 3.8) is 0 Å². The van der Waals surface area contributed by atoms with Crippen molar-refractivity contribution < 1.29 is 9.53 Å². The number of rotatable bonds is 3. The number of aromatic nitrogens is 2. The number of piperazine rings is 1. The molecule has 1 aliphatic heterocycles. The maximum absolute atomic E-state index is 11.9. The normalized spacial score (nSPS) is 16.1. The lowest BCUT2D eigenvalue weighted by molar-refractivity contribution is 0.0772. The third-order valence-electron chi connectivity index (χ3n) is 3.64. The Morgan fingerprint density at radius 1 is 1.41 bits per heavy atom. The van der Waals surface area contributed by atoms with Crippen LogP contribution in [0, 0.1) is 0 Å². The fraction of sp³-hybridized carbons (Fsp3) is 0.500. The Labute approximate surface area is 131 Å². The molecule has 1 amide bonds. The van der Waals surface area contributed by atoms with Crippen LogP contribution in [0.25, 0.3) is 10.2 Å². The molecule has 0 atom stereocenters. The second-order valence-electron chi connectivity index (χ2n) is 5.11. The zero-order chi connectivity index (χ0) is 15.5. The number of carbonyl (C=O) groups excluding carboxylic acids is 1. The van der Waals surface area contributed by atoms with Crippen molar-refractivity contribution in [2.75, 3.05) is 32.8 Å². The lowest BCUT2D eigenvalue weighted by Crippen LogP contribution is -2.48. The van der Waals surface area contributed by atoms with E-state index in [1.165, 1.54) is 11.3 Å². The fourth-order valence-electron chi connectivity index (χ4n) is 2.51. The quantitative estimate of drug-likeness (QED) is 0.920. The number of H-pyrrole nitrogens is 1. The number of ether oxygens (including phenoxy) is 1. The van der Waals surface area contributed by atoms with Gasteiger partial charge in [-0.1, -0.05) is 0 Å². The lowest BCUT2D eigenvalue weighted by Gasteiger charge is -2.33. The summed E-state index contributed by atoms with van der Waals surface area (Å²) in [6.07, 6.45) is -0.256. The van der Waals surface area contributed by atoms with Gasteiger partial charge in [-0.05, 0) is 18.4 Å². The molecule has 22 heavy (non-hydrogen) atoms. The number of hydrogen-bond acceptors (Lipinski definition) is 6. The zero-order valence-corrected chi connectivity index (χ0v) is 13.2. The van der Waals surface area contributed by atoms with E-state index in [0.717, 1.165) is 18.6 Å². The molecule has 3 rings (SSSR count). The minimum absolute atomic E-state index is 0.0832. The summed E-state index contributed by atoms with van der Waals surface area (Å²) in [6.45, 7) is 5.52. The molecule has 8 heteroatoms. The van der Waals surface area contributed by atoms with E-state index in [1.54, 1.807) is 11.8 Å². The molecule has 1 saturated heterocycles. The molecule has 2 aromatic heterocycles. The van der Waals surface area contributed by atoms with Crippen LogP contribution in [-0.4, -0.2) is 58.6 Å². The Morgan fingerprint density at radius 2 is 2.18 bits per heavy atom. The summed E-state index contributed by atoms with van der Waals surface area (Å²) in [5, 5.41) is 1.87. The summed E-state index contributed by atoms with van der Waals surface area (Å²) in [4.78, 5) is 34.8. The molecule has 0 aliphatic carbocycles. The van der Waals surface area contributed by atoms with Gasteiger partial charge in [-0.15, -0.1) is 11.3 Å². The minimum Gasteiger partial charge on any atom is -0.450 e. The van der Waals surface area contributed by atoms with Gasteiger partial charge < -0.3 is 14.6 Å². The SMILES string of the molecule is CCOC(=O)N1CCN(Cc2nc3ccsc3c(=O)[nH]2)CC1. The van der Waals surface area contributed by atoms with Gasteiger partial charge in [-0.2, -0.15) is 0 Å². The first-order valence-electron chi connectivity index (χ1n) is 7.28. The van der Waals surface area contributed by atoms with Crippen LogP contribution >= 0.6 is 11.3 Å². The standard InChI is InChI=1S/C14H18N4O3S/c1-2-21-14(20)18-6-4-17(5-7-18)9-11-15-10-3-8-22-12(10)13(19)16-11/h3,8H,2,4-7,9H2,1H3,(H,15,16,19). The van der Waals surface area contributed by atoms with Crippen molar-refractivity contribution in [2.45, 2.75) is 13.5 Å². The van der Waals surface area contributed by atoms with E-state index in [9.17, 15) is 9.59 Å². The second kappa shape index (κ2) is 6.45. The van der Waals surface area contributed by atoms with Crippen LogP contribution < -0.4 is 5.56 Å². The maximum Gasteiger partial charge on any atom is 0.409 e. The van der Waals surface area contributed by atoms with Crippen molar-refractivity contribution in [1.82, 2.24) is 19.8 Å². The number of carbonyl (C=O) groups is 1. The van der Waals surface area contributed by atoms with Crippen LogP contribution in [0.1, 0.15) is 12.7 Å². The van der Waals surface area contributed by atoms with Gasteiger partial charge in [0.2, 0.25) is 0 Å². The summed E-state index contributed by atoms with van der Waals surface area (Å²) < 4.78 is 5.66. The van der Waals surface area contributed by atoms with Crippen LogP contribution in [0.15, 0.2) is 16.2 Å². The van der Waals surface area contributed by atoms with Crippen LogP contribution in [0.3, 0.4) is 0 Å². The molecular weight excluding hydrogens is 304 g/mol. The monoisotopic (exact) mass is 322 g/mol. The third kappa shape index (κ3) is 3.12. The van der Waals surface area contributed by atoms with E-state index < -0.39 is 0 Å². The Kier molecular flexibility index (Phi) is 4.39. The number of amides is 1. The highest BCUT2D eigenvalue weighted by Gasteiger charge is 2.22. The summed E-state index contributed by atoms with van der Waals surface area (Å²) in [5.41, 5.74) is 0.661. The minimum atomic E-state index is -0.256. The van der Waals surface area contributed by atoms with Gasteiger partial charge in [0, 0.05) is 26.2 Å². The molecule has 0 aromatic carbocycles. The van der Waals surface area contributed by atoms with Crippen LogP contribution in [0.4, 0.5) is 4.79 Å². The molecule has 1 aliphatic rings. The topological polar surface area (TPSA) is 78.5 Å². The van der Waals surface area contributed by atoms with Crippen molar-refractivity contribution in [3.8, 4) is 0 Å². The Hall–Kier alpha value is -1.93. The predicted molar refractivity (Wildman–Crippen MR) is 84.1 cm³/mol. The van der Waals surface area contributed by atoms with E-state index in [0.29, 0.717) is 36.8 Å². The lowest BCUT2D eigenvalue weighted by atomic mass is 10.3. The van der Waals surface area contributed by atoms with Gasteiger partial charge in [-0.25, -0.2) is 9.78 Å². The number of nitrogens with one attached hydrogen (secondary N) is 1. The number of hydrogen-bond donors (Lipinski definition) is 1.